The number of fused-ring (bicyclic) bond motifs is 5. The van der Waals surface area contributed by atoms with Crippen LogP contribution in [0.25, 0.3) is 0 Å². The van der Waals surface area contributed by atoms with E-state index >= 15 is 0 Å². The minimum absolute atomic E-state index is 0.0537. The molecule has 0 unspecified atom stereocenters. The summed E-state index contributed by atoms with van der Waals surface area (Å²) in [5.74, 6) is -2.39. The van der Waals surface area contributed by atoms with Crippen molar-refractivity contribution in [3.05, 3.63) is 45.0 Å². The number of benzene rings is 1. The second kappa shape index (κ2) is 8.10. The number of halogens is 1. The Morgan fingerprint density at radius 1 is 1.29 bits per heavy atom. The average Bonchev–Trinajstić information content (AvgIpc) is 3.40. The standard InChI is InChI=1S/C20H18ClN3O7/c1-2-30-15(25)9-31-18-13(21)5-10(6-14(18)24(28)29)8-22-23-19(26)16-11-3-4-12(7-11)17(16)20(23)27/h3-6,8,11-12,16-17H,2,7,9H2,1H3/t11-,12-,16-,17+/m0/s1. The highest BCUT2D eigenvalue weighted by molar-refractivity contribution is 6.32. The fourth-order valence-corrected chi connectivity index (χ4v) is 4.69. The first-order valence-electron chi connectivity index (χ1n) is 9.68. The van der Waals surface area contributed by atoms with Crippen molar-refractivity contribution in [1.82, 2.24) is 5.01 Å². The minimum Gasteiger partial charge on any atom is -0.474 e. The van der Waals surface area contributed by atoms with Crippen LogP contribution in [0, 0.1) is 33.8 Å². The Balaban J connectivity index is 1.54. The lowest BCUT2D eigenvalue weighted by atomic mass is 9.85. The zero-order chi connectivity index (χ0) is 22.3. The number of nitrogens with zero attached hydrogens (tertiary/aromatic N) is 3. The Labute approximate surface area is 181 Å². The molecule has 2 fully saturated rings. The molecular formula is C20H18ClN3O7. The van der Waals surface area contributed by atoms with Gasteiger partial charge in [0.1, 0.15) is 0 Å². The van der Waals surface area contributed by atoms with Crippen LogP contribution in [0.15, 0.2) is 29.4 Å². The molecule has 4 atom stereocenters. The van der Waals surface area contributed by atoms with Crippen LogP contribution in [-0.2, 0) is 19.1 Å². The number of carbonyl (C=O) groups is 3. The summed E-state index contributed by atoms with van der Waals surface area (Å²) in [7, 11) is 0. The lowest BCUT2D eigenvalue weighted by Crippen LogP contribution is -2.28. The quantitative estimate of drug-likeness (QED) is 0.157. The van der Waals surface area contributed by atoms with Gasteiger partial charge in [0.15, 0.2) is 6.61 Å². The zero-order valence-electron chi connectivity index (χ0n) is 16.4. The molecule has 162 valence electrons. The van der Waals surface area contributed by atoms with Crippen LogP contribution >= 0.6 is 11.6 Å². The second-order valence-electron chi connectivity index (χ2n) is 7.43. The van der Waals surface area contributed by atoms with E-state index in [1.165, 1.54) is 12.3 Å². The number of ether oxygens (including phenoxy) is 2. The molecule has 3 aliphatic rings. The van der Waals surface area contributed by atoms with Crippen LogP contribution in [0.1, 0.15) is 18.9 Å². The maximum atomic E-state index is 12.7. The van der Waals surface area contributed by atoms with Crippen LogP contribution in [-0.4, -0.2) is 47.1 Å². The summed E-state index contributed by atoms with van der Waals surface area (Å²) in [5.41, 5.74) is -0.296. The first-order chi connectivity index (χ1) is 14.8. The summed E-state index contributed by atoms with van der Waals surface area (Å²) >= 11 is 6.12. The number of esters is 1. The van der Waals surface area contributed by atoms with Crippen LogP contribution in [0.5, 0.6) is 5.75 Å². The van der Waals surface area contributed by atoms with Gasteiger partial charge in [-0.15, -0.1) is 0 Å². The molecule has 0 spiro atoms. The molecule has 10 nitrogen and oxygen atoms in total. The molecule has 2 amide bonds. The SMILES string of the molecule is CCOC(=O)COc1c(Cl)cc(C=NN2C(=O)[C@@H]3[C@H](C2=O)[C@H]2C=C[C@H]3C2)cc1[N+](=O)[O-]. The highest BCUT2D eigenvalue weighted by atomic mass is 35.5. The summed E-state index contributed by atoms with van der Waals surface area (Å²) in [5, 5.41) is 16.2. The maximum absolute atomic E-state index is 12.7. The summed E-state index contributed by atoms with van der Waals surface area (Å²) in [6.45, 7) is 1.21. The van der Waals surface area contributed by atoms with Crippen molar-refractivity contribution in [3.63, 3.8) is 0 Å². The number of hydrogen-bond acceptors (Lipinski definition) is 8. The van der Waals surface area contributed by atoms with Gasteiger partial charge in [-0.1, -0.05) is 23.8 Å². The molecule has 1 saturated heterocycles. The van der Waals surface area contributed by atoms with Crippen LogP contribution in [0.4, 0.5) is 5.69 Å². The molecule has 0 aromatic heterocycles. The van der Waals surface area contributed by atoms with Crippen molar-refractivity contribution in [1.29, 1.82) is 0 Å². The number of amides is 2. The third-order valence-corrected chi connectivity index (χ3v) is 5.93. The van der Waals surface area contributed by atoms with E-state index in [-0.39, 0.29) is 46.6 Å². The van der Waals surface area contributed by atoms with Crippen molar-refractivity contribution in [2.24, 2.45) is 28.8 Å². The normalized spacial score (nSPS) is 26.1. The number of nitro benzene ring substituents is 1. The lowest BCUT2D eigenvalue weighted by molar-refractivity contribution is -0.385. The van der Waals surface area contributed by atoms with Crippen molar-refractivity contribution >= 4 is 41.3 Å². The van der Waals surface area contributed by atoms with Gasteiger partial charge >= 0.3 is 11.7 Å². The number of allylic oxidation sites excluding steroid dienone is 2. The lowest BCUT2D eigenvalue weighted by Gasteiger charge is -2.13. The van der Waals surface area contributed by atoms with Gasteiger partial charge in [0, 0.05) is 11.6 Å². The predicted molar refractivity (Wildman–Crippen MR) is 107 cm³/mol. The molecular weight excluding hydrogens is 430 g/mol. The highest BCUT2D eigenvalue weighted by Gasteiger charge is 2.59. The Bertz CT molecular complexity index is 1010. The number of hydrazone groups is 1. The van der Waals surface area contributed by atoms with Gasteiger partial charge < -0.3 is 9.47 Å². The van der Waals surface area contributed by atoms with Gasteiger partial charge in [0.25, 0.3) is 11.8 Å². The summed E-state index contributed by atoms with van der Waals surface area (Å²) in [4.78, 5) is 47.5. The number of imide groups is 1. The fourth-order valence-electron chi connectivity index (χ4n) is 4.41. The average molecular weight is 448 g/mol. The van der Waals surface area contributed by atoms with E-state index in [4.69, 9.17) is 21.1 Å². The molecule has 2 aliphatic carbocycles. The zero-order valence-corrected chi connectivity index (χ0v) is 17.2. The van der Waals surface area contributed by atoms with E-state index in [0.717, 1.165) is 17.5 Å². The van der Waals surface area contributed by atoms with E-state index in [0.29, 0.717) is 0 Å². The third-order valence-electron chi connectivity index (χ3n) is 5.65. The first-order valence-corrected chi connectivity index (χ1v) is 10.1. The van der Waals surface area contributed by atoms with Gasteiger partial charge in [-0.05, 0) is 31.2 Å². The van der Waals surface area contributed by atoms with Crippen molar-refractivity contribution < 1.29 is 28.8 Å². The molecule has 1 aliphatic heterocycles. The fraction of sp³-hybridized carbons (Fsp3) is 0.400. The molecule has 11 heteroatoms. The summed E-state index contributed by atoms with van der Waals surface area (Å²) in [6, 6.07) is 2.46. The summed E-state index contributed by atoms with van der Waals surface area (Å²) < 4.78 is 9.90. The van der Waals surface area contributed by atoms with Crippen molar-refractivity contribution in [3.8, 4) is 5.75 Å². The van der Waals surface area contributed by atoms with Crippen molar-refractivity contribution in [2.75, 3.05) is 13.2 Å². The number of hydrogen-bond donors (Lipinski definition) is 0. The smallest absolute Gasteiger partial charge is 0.344 e. The van der Waals surface area contributed by atoms with Crippen LogP contribution in [0.3, 0.4) is 0 Å². The van der Waals surface area contributed by atoms with Gasteiger partial charge in [-0.3, -0.25) is 19.7 Å². The van der Waals surface area contributed by atoms with E-state index in [1.807, 2.05) is 12.2 Å². The molecule has 1 aromatic carbocycles. The largest absolute Gasteiger partial charge is 0.474 e. The monoisotopic (exact) mass is 447 g/mol. The number of nitro groups is 1. The van der Waals surface area contributed by atoms with E-state index in [2.05, 4.69) is 5.10 Å². The molecule has 1 saturated carbocycles. The Hall–Kier alpha value is -3.27. The molecule has 2 bridgehead atoms. The Kier molecular flexibility index (Phi) is 5.48. The van der Waals surface area contributed by atoms with Gasteiger partial charge in [0.2, 0.25) is 5.75 Å². The van der Waals surface area contributed by atoms with Gasteiger partial charge in [0.05, 0.1) is 34.6 Å². The highest BCUT2D eigenvalue weighted by Crippen LogP contribution is 2.52. The van der Waals surface area contributed by atoms with Gasteiger partial charge in [-0.2, -0.15) is 10.1 Å². The Morgan fingerprint density at radius 3 is 2.52 bits per heavy atom. The molecule has 4 rings (SSSR count). The second-order valence-corrected chi connectivity index (χ2v) is 7.84. The molecule has 1 heterocycles. The Morgan fingerprint density at radius 2 is 1.94 bits per heavy atom. The van der Waals surface area contributed by atoms with E-state index in [1.54, 1.807) is 6.92 Å². The third kappa shape index (κ3) is 3.67. The van der Waals surface area contributed by atoms with Crippen LogP contribution < -0.4 is 4.74 Å². The van der Waals surface area contributed by atoms with Gasteiger partial charge in [-0.25, -0.2) is 4.79 Å². The number of rotatable bonds is 7. The molecule has 1 aromatic rings. The first kappa shape index (κ1) is 21.0. The minimum atomic E-state index is -0.719. The maximum Gasteiger partial charge on any atom is 0.344 e. The number of carbonyl (C=O) groups excluding carboxylic acids is 3. The molecule has 0 N–H and O–H groups in total. The van der Waals surface area contributed by atoms with E-state index < -0.39 is 35.0 Å². The topological polar surface area (TPSA) is 128 Å². The van der Waals surface area contributed by atoms with Crippen LogP contribution in [0.2, 0.25) is 5.02 Å². The van der Waals surface area contributed by atoms with E-state index in [9.17, 15) is 24.5 Å². The predicted octanol–water partition coefficient (Wildman–Crippen LogP) is 2.33. The summed E-state index contributed by atoms with van der Waals surface area (Å²) in [6.07, 6.45) is 5.92. The molecule has 31 heavy (non-hydrogen) atoms. The van der Waals surface area contributed by atoms with Crippen molar-refractivity contribution in [2.45, 2.75) is 13.3 Å². The molecule has 0 radical (unpaired) electrons.